The second-order valence-electron chi connectivity index (χ2n) is 4.43. The van der Waals surface area contributed by atoms with Gasteiger partial charge in [-0.3, -0.25) is 0 Å². The van der Waals surface area contributed by atoms with Gasteiger partial charge in [0.1, 0.15) is 5.75 Å². The molecule has 0 bridgehead atoms. The molecule has 122 valence electrons. The van der Waals surface area contributed by atoms with Crippen LogP contribution in [0.15, 0.2) is 53.4 Å². The van der Waals surface area contributed by atoms with Crippen LogP contribution >= 0.6 is 33.5 Å². The van der Waals surface area contributed by atoms with E-state index >= 15 is 0 Å². The predicted octanol–water partition coefficient (Wildman–Crippen LogP) is 4.76. The Kier molecular flexibility index (Phi) is 7.35. The maximum Gasteiger partial charge on any atom is 0.319 e. The van der Waals surface area contributed by atoms with Crippen molar-refractivity contribution in [1.82, 2.24) is 5.32 Å². The summed E-state index contributed by atoms with van der Waals surface area (Å²) < 4.78 is 9.55. The van der Waals surface area contributed by atoms with E-state index in [9.17, 15) is 4.79 Å². The minimum absolute atomic E-state index is 0.0478. The molecular formula is C15H14Cl2N2O3S. The van der Waals surface area contributed by atoms with Crippen LogP contribution in [0.5, 0.6) is 5.75 Å². The lowest BCUT2D eigenvalue weighted by Crippen LogP contribution is -2.28. The van der Waals surface area contributed by atoms with Crippen molar-refractivity contribution in [3.05, 3.63) is 54.1 Å². The largest absolute Gasteiger partial charge is 0.466 e. The molecule has 2 amide bonds. The lowest BCUT2D eigenvalue weighted by atomic mass is 10.2. The molecule has 0 unspecified atom stereocenters. The highest BCUT2D eigenvalue weighted by Crippen LogP contribution is 2.24. The lowest BCUT2D eigenvalue weighted by Gasteiger charge is -2.09. The first kappa shape index (κ1) is 17.7. The highest BCUT2D eigenvalue weighted by molar-refractivity contribution is 8.21. The lowest BCUT2D eigenvalue weighted by molar-refractivity contribution is 0.131. The van der Waals surface area contributed by atoms with Gasteiger partial charge < -0.3 is 15.4 Å². The van der Waals surface area contributed by atoms with Gasteiger partial charge in [0.05, 0.1) is 11.9 Å². The molecule has 0 spiro atoms. The first-order chi connectivity index (χ1) is 11.2. The Morgan fingerprint density at radius 1 is 1.17 bits per heavy atom. The smallest absolute Gasteiger partial charge is 0.319 e. The van der Waals surface area contributed by atoms with Crippen molar-refractivity contribution in [2.75, 3.05) is 12.1 Å². The van der Waals surface area contributed by atoms with Crippen LogP contribution in [0.25, 0.3) is 0 Å². The van der Waals surface area contributed by atoms with Gasteiger partial charge in [-0.25, -0.2) is 9.08 Å². The van der Waals surface area contributed by atoms with E-state index < -0.39 is 0 Å². The van der Waals surface area contributed by atoms with Crippen LogP contribution in [0, 0.1) is 0 Å². The van der Waals surface area contributed by atoms with Gasteiger partial charge in [0.25, 0.3) is 0 Å². The zero-order chi connectivity index (χ0) is 16.5. The second kappa shape index (κ2) is 9.52. The molecule has 0 saturated heterocycles. The Morgan fingerprint density at radius 3 is 2.78 bits per heavy atom. The molecule has 0 heterocycles. The molecular weight excluding hydrogens is 359 g/mol. The highest BCUT2D eigenvalue weighted by Gasteiger charge is 2.04. The number of amides is 2. The fraction of sp³-hybridized carbons (Fsp3) is 0.133. The summed E-state index contributed by atoms with van der Waals surface area (Å²) in [6.07, 6.45) is 0. The molecule has 0 aliphatic heterocycles. The topological polar surface area (TPSA) is 59.6 Å². The van der Waals surface area contributed by atoms with Gasteiger partial charge in [-0.2, -0.15) is 0 Å². The summed E-state index contributed by atoms with van der Waals surface area (Å²) in [7, 11) is 6.78. The van der Waals surface area contributed by atoms with Crippen LogP contribution in [0.2, 0.25) is 0 Å². The third-order valence-electron chi connectivity index (χ3n) is 2.80. The third-order valence-corrected chi connectivity index (χ3v) is 3.86. The monoisotopic (exact) mass is 372 g/mol. The SMILES string of the molecule is O=C(NCc1cccc(OCOCl)c1)Nc1cccc(SCl)c1. The molecule has 0 aromatic heterocycles. The minimum Gasteiger partial charge on any atom is -0.466 e. The number of hydrogen-bond donors (Lipinski definition) is 2. The Bertz CT molecular complexity index is 658. The zero-order valence-electron chi connectivity index (χ0n) is 11.9. The summed E-state index contributed by atoms with van der Waals surface area (Å²) in [6.45, 7) is 0.308. The summed E-state index contributed by atoms with van der Waals surface area (Å²) in [5.41, 5.74) is 1.56. The van der Waals surface area contributed by atoms with Gasteiger partial charge in [-0.05, 0) is 57.6 Å². The molecule has 5 nitrogen and oxygen atoms in total. The molecule has 2 rings (SSSR count). The number of urea groups is 1. The maximum atomic E-state index is 11.9. The molecule has 0 fully saturated rings. The molecule has 2 aromatic carbocycles. The van der Waals surface area contributed by atoms with Crippen molar-refractivity contribution >= 4 is 45.2 Å². The van der Waals surface area contributed by atoms with Crippen molar-refractivity contribution in [3.8, 4) is 5.75 Å². The first-order valence-electron chi connectivity index (χ1n) is 6.60. The zero-order valence-corrected chi connectivity index (χ0v) is 14.3. The average molecular weight is 373 g/mol. The fourth-order valence-electron chi connectivity index (χ4n) is 1.82. The second-order valence-corrected chi connectivity index (χ2v) is 5.74. The number of rotatable bonds is 7. The molecule has 23 heavy (non-hydrogen) atoms. The Balaban J connectivity index is 1.86. The molecule has 0 aliphatic carbocycles. The summed E-state index contributed by atoms with van der Waals surface area (Å²) in [4.78, 5) is 12.8. The third kappa shape index (κ3) is 6.19. The number of anilines is 1. The number of carbonyl (C=O) groups excluding carboxylic acids is 1. The summed E-state index contributed by atoms with van der Waals surface area (Å²) in [5.74, 6) is 0.609. The van der Waals surface area contributed by atoms with E-state index in [1.165, 1.54) is 0 Å². The fourth-order valence-corrected chi connectivity index (χ4v) is 2.45. The van der Waals surface area contributed by atoms with Crippen molar-refractivity contribution < 1.29 is 13.8 Å². The molecule has 0 radical (unpaired) electrons. The van der Waals surface area contributed by atoms with Crippen molar-refractivity contribution in [2.24, 2.45) is 0 Å². The van der Waals surface area contributed by atoms with Crippen LogP contribution in [-0.4, -0.2) is 12.8 Å². The number of ether oxygens (including phenoxy) is 1. The number of carbonyl (C=O) groups is 1. The molecule has 2 aromatic rings. The predicted molar refractivity (Wildman–Crippen MR) is 92.9 cm³/mol. The van der Waals surface area contributed by atoms with E-state index in [2.05, 4.69) is 14.9 Å². The molecule has 0 saturated carbocycles. The van der Waals surface area contributed by atoms with Crippen LogP contribution in [0.3, 0.4) is 0 Å². The molecule has 0 aliphatic rings. The van der Waals surface area contributed by atoms with E-state index in [1.807, 2.05) is 24.3 Å². The Morgan fingerprint density at radius 2 is 2.00 bits per heavy atom. The Hall–Kier alpha value is -1.60. The first-order valence-corrected chi connectivity index (χ1v) is 8.55. The Labute approximate surface area is 147 Å². The van der Waals surface area contributed by atoms with Crippen LogP contribution in [0.4, 0.5) is 10.5 Å². The number of benzene rings is 2. The van der Waals surface area contributed by atoms with Crippen LogP contribution in [-0.2, 0) is 10.8 Å². The summed E-state index contributed by atoms with van der Waals surface area (Å²) in [5, 5.41) is 5.51. The molecule has 8 heteroatoms. The van der Waals surface area contributed by atoms with Crippen LogP contribution < -0.4 is 15.4 Å². The molecule has 2 N–H and O–H groups in total. The van der Waals surface area contributed by atoms with Gasteiger partial charge in [-0.15, -0.1) is 0 Å². The van der Waals surface area contributed by atoms with Gasteiger partial charge >= 0.3 is 6.03 Å². The van der Waals surface area contributed by atoms with Crippen molar-refractivity contribution in [2.45, 2.75) is 11.4 Å². The maximum absolute atomic E-state index is 11.9. The summed E-state index contributed by atoms with van der Waals surface area (Å²) in [6, 6.07) is 14.2. The average Bonchev–Trinajstić information content (AvgIpc) is 2.58. The number of halogens is 2. The normalized spacial score (nSPS) is 10.2. The van der Waals surface area contributed by atoms with E-state index in [0.717, 1.165) is 21.4 Å². The van der Waals surface area contributed by atoms with Gasteiger partial charge in [0, 0.05) is 17.1 Å². The summed E-state index contributed by atoms with van der Waals surface area (Å²) >= 11 is 5.09. The van der Waals surface area contributed by atoms with Gasteiger partial charge in [-0.1, -0.05) is 18.2 Å². The van der Waals surface area contributed by atoms with Crippen molar-refractivity contribution in [1.29, 1.82) is 0 Å². The standard InChI is InChI=1S/C15H14Cl2N2O3S/c16-22-10-21-13-5-1-3-11(7-13)9-18-15(20)19-12-4-2-6-14(8-12)23-17/h1-8H,9-10H2,(H2,18,19,20). The highest BCUT2D eigenvalue weighted by atomic mass is 35.7. The van der Waals surface area contributed by atoms with E-state index in [-0.39, 0.29) is 12.8 Å². The minimum atomic E-state index is -0.308. The quantitative estimate of drug-likeness (QED) is 0.687. The van der Waals surface area contributed by atoms with E-state index in [4.69, 9.17) is 27.3 Å². The number of hydrogen-bond acceptors (Lipinski definition) is 4. The van der Waals surface area contributed by atoms with E-state index in [0.29, 0.717) is 18.0 Å². The molecule has 0 atom stereocenters. The van der Waals surface area contributed by atoms with Gasteiger partial charge in [0.2, 0.25) is 6.79 Å². The number of nitrogens with one attached hydrogen (secondary N) is 2. The van der Waals surface area contributed by atoms with E-state index in [1.54, 1.807) is 24.3 Å². The van der Waals surface area contributed by atoms with Crippen molar-refractivity contribution in [3.63, 3.8) is 0 Å². The van der Waals surface area contributed by atoms with Crippen LogP contribution in [0.1, 0.15) is 5.56 Å². The van der Waals surface area contributed by atoms with Gasteiger partial charge in [0.15, 0.2) is 0 Å².